The zero-order valence-corrected chi connectivity index (χ0v) is 13.7. The van der Waals surface area contributed by atoms with E-state index in [1.807, 2.05) is 0 Å². The molecule has 0 bridgehead atoms. The first-order chi connectivity index (χ1) is 11.7. The second kappa shape index (κ2) is 6.18. The van der Waals surface area contributed by atoms with Crippen LogP contribution >= 0.6 is 0 Å². The third-order valence-corrected chi connectivity index (χ3v) is 5.26. The Bertz CT molecular complexity index is 884. The molecule has 0 saturated heterocycles. The van der Waals surface area contributed by atoms with Gasteiger partial charge in [0.2, 0.25) is 0 Å². The van der Waals surface area contributed by atoms with Crippen molar-refractivity contribution in [1.29, 1.82) is 0 Å². The largest absolute Gasteiger partial charge is 0.416 e. The number of benzene rings is 2. The molecular formula is C17H14F3NO3S. The molecular weight excluding hydrogens is 355 g/mol. The summed E-state index contributed by atoms with van der Waals surface area (Å²) < 4.78 is 64.4. The second-order valence-electron chi connectivity index (χ2n) is 5.84. The van der Waals surface area contributed by atoms with Crippen LogP contribution in [0.4, 0.5) is 18.9 Å². The highest BCUT2D eigenvalue weighted by Crippen LogP contribution is 2.33. The Morgan fingerprint density at radius 1 is 0.960 bits per heavy atom. The lowest BCUT2D eigenvalue weighted by Crippen LogP contribution is -2.13. The average molecular weight is 369 g/mol. The van der Waals surface area contributed by atoms with E-state index in [4.69, 9.17) is 0 Å². The standard InChI is InChI=1S/C17H14F3NO3S/c18-17(19,20)13-5-7-14(8-6-13)21-25(23,24)15-9-3-12(4-10-15)16(22)11-1-2-11/h3-11,21H,1-2H2. The monoisotopic (exact) mass is 369 g/mol. The Morgan fingerprint density at radius 3 is 2.00 bits per heavy atom. The number of nitrogens with one attached hydrogen (secondary N) is 1. The number of sulfonamides is 1. The minimum atomic E-state index is -4.48. The molecule has 2 aromatic carbocycles. The van der Waals surface area contributed by atoms with E-state index in [-0.39, 0.29) is 22.3 Å². The molecule has 4 nitrogen and oxygen atoms in total. The number of hydrogen-bond acceptors (Lipinski definition) is 3. The van der Waals surface area contributed by atoms with Crippen LogP contribution in [0.3, 0.4) is 0 Å². The molecule has 0 amide bonds. The number of rotatable bonds is 5. The molecule has 8 heteroatoms. The number of halogens is 3. The highest BCUT2D eigenvalue weighted by Gasteiger charge is 2.31. The van der Waals surface area contributed by atoms with Crippen molar-refractivity contribution in [2.45, 2.75) is 23.9 Å². The van der Waals surface area contributed by atoms with E-state index in [2.05, 4.69) is 4.72 Å². The lowest BCUT2D eigenvalue weighted by Gasteiger charge is -2.10. The van der Waals surface area contributed by atoms with Gasteiger partial charge in [-0.15, -0.1) is 0 Å². The van der Waals surface area contributed by atoms with Crippen molar-refractivity contribution in [2.75, 3.05) is 4.72 Å². The fourth-order valence-corrected chi connectivity index (χ4v) is 3.38. The van der Waals surface area contributed by atoms with Crippen LogP contribution in [0.2, 0.25) is 0 Å². The highest BCUT2D eigenvalue weighted by atomic mass is 32.2. The van der Waals surface area contributed by atoms with Crippen molar-refractivity contribution < 1.29 is 26.4 Å². The van der Waals surface area contributed by atoms with Crippen molar-refractivity contribution in [3.8, 4) is 0 Å². The Kier molecular flexibility index (Phi) is 4.32. The maximum Gasteiger partial charge on any atom is 0.416 e. The predicted molar refractivity (Wildman–Crippen MR) is 85.7 cm³/mol. The van der Waals surface area contributed by atoms with Crippen LogP contribution in [0, 0.1) is 5.92 Å². The predicted octanol–water partition coefficient (Wildman–Crippen LogP) is 4.10. The number of ketones is 1. The lowest BCUT2D eigenvalue weighted by atomic mass is 10.1. The maximum atomic E-state index is 12.5. The van der Waals surface area contributed by atoms with Gasteiger partial charge in [0, 0.05) is 17.2 Å². The van der Waals surface area contributed by atoms with Gasteiger partial charge in [0.05, 0.1) is 10.5 Å². The van der Waals surface area contributed by atoms with Gasteiger partial charge in [-0.2, -0.15) is 13.2 Å². The normalized spacial score (nSPS) is 15.0. The summed E-state index contributed by atoms with van der Waals surface area (Å²) >= 11 is 0. The highest BCUT2D eigenvalue weighted by molar-refractivity contribution is 7.92. The van der Waals surface area contributed by atoms with Crippen molar-refractivity contribution in [1.82, 2.24) is 0 Å². The number of alkyl halides is 3. The molecule has 1 fully saturated rings. The number of hydrogen-bond donors (Lipinski definition) is 1. The summed E-state index contributed by atoms with van der Waals surface area (Å²) in [7, 11) is -3.95. The van der Waals surface area contributed by atoms with Gasteiger partial charge < -0.3 is 0 Å². The molecule has 1 N–H and O–H groups in total. The SMILES string of the molecule is O=C(c1ccc(S(=O)(=O)Nc2ccc(C(F)(F)F)cc2)cc1)C1CC1. The first-order valence-corrected chi connectivity index (χ1v) is 8.99. The van der Waals surface area contributed by atoms with Gasteiger partial charge in [-0.05, 0) is 49.2 Å². The molecule has 0 unspecified atom stereocenters. The Balaban J connectivity index is 1.76. The van der Waals surface area contributed by atoms with Gasteiger partial charge in [0.15, 0.2) is 5.78 Å². The van der Waals surface area contributed by atoms with Crippen LogP contribution in [0.15, 0.2) is 53.4 Å². The number of anilines is 1. The van der Waals surface area contributed by atoms with Crippen molar-refractivity contribution in [2.24, 2.45) is 5.92 Å². The quantitative estimate of drug-likeness (QED) is 0.807. The van der Waals surface area contributed by atoms with E-state index in [0.717, 1.165) is 37.1 Å². The van der Waals surface area contributed by atoms with Gasteiger partial charge in [0.1, 0.15) is 0 Å². The van der Waals surface area contributed by atoms with Crippen LogP contribution in [0.5, 0.6) is 0 Å². The van der Waals surface area contributed by atoms with Gasteiger partial charge in [-0.3, -0.25) is 9.52 Å². The summed E-state index contributed by atoms with van der Waals surface area (Å²) in [5, 5.41) is 0. The van der Waals surface area contributed by atoms with Crippen molar-refractivity contribution in [3.05, 3.63) is 59.7 Å². The fraction of sp³-hybridized carbons (Fsp3) is 0.235. The average Bonchev–Trinajstić information content (AvgIpc) is 3.38. The first-order valence-electron chi connectivity index (χ1n) is 7.51. The van der Waals surface area contributed by atoms with Gasteiger partial charge in [-0.25, -0.2) is 8.42 Å². The number of Topliss-reactive ketones (excluding diaryl/α,β-unsaturated/α-hetero) is 1. The van der Waals surface area contributed by atoms with Gasteiger partial charge in [0.25, 0.3) is 10.0 Å². The van der Waals surface area contributed by atoms with E-state index in [1.165, 1.54) is 24.3 Å². The summed E-state index contributed by atoms with van der Waals surface area (Å²) in [6.07, 6.45) is -2.77. The molecule has 1 aliphatic carbocycles. The van der Waals surface area contributed by atoms with Crippen LogP contribution < -0.4 is 4.72 Å². The Hall–Kier alpha value is -2.35. The summed E-state index contributed by atoms with van der Waals surface area (Å²) in [4.78, 5) is 11.8. The van der Waals surface area contributed by atoms with Crippen molar-refractivity contribution in [3.63, 3.8) is 0 Å². The topological polar surface area (TPSA) is 63.2 Å². The zero-order chi connectivity index (χ0) is 18.2. The molecule has 1 saturated carbocycles. The van der Waals surface area contributed by atoms with Gasteiger partial charge >= 0.3 is 6.18 Å². The minimum Gasteiger partial charge on any atom is -0.294 e. The Labute approximate surface area is 142 Å². The zero-order valence-electron chi connectivity index (χ0n) is 12.9. The Morgan fingerprint density at radius 2 is 1.52 bits per heavy atom. The summed E-state index contributed by atoms with van der Waals surface area (Å²) in [6.45, 7) is 0. The van der Waals surface area contributed by atoms with E-state index in [1.54, 1.807) is 0 Å². The fourth-order valence-electron chi connectivity index (χ4n) is 2.32. The van der Waals surface area contributed by atoms with Crippen LogP contribution in [-0.2, 0) is 16.2 Å². The summed E-state index contributed by atoms with van der Waals surface area (Å²) in [5.74, 6) is 0.0346. The number of carbonyl (C=O) groups is 1. The van der Waals surface area contributed by atoms with Crippen LogP contribution in [0.25, 0.3) is 0 Å². The molecule has 0 radical (unpaired) electrons. The van der Waals surface area contributed by atoms with Crippen LogP contribution in [0.1, 0.15) is 28.8 Å². The third-order valence-electron chi connectivity index (χ3n) is 3.86. The molecule has 0 spiro atoms. The van der Waals surface area contributed by atoms with E-state index in [0.29, 0.717) is 5.56 Å². The molecule has 0 aliphatic heterocycles. The maximum absolute atomic E-state index is 12.5. The molecule has 25 heavy (non-hydrogen) atoms. The molecule has 0 aromatic heterocycles. The van der Waals surface area contributed by atoms with Gasteiger partial charge in [-0.1, -0.05) is 12.1 Å². The second-order valence-corrected chi connectivity index (χ2v) is 7.53. The smallest absolute Gasteiger partial charge is 0.294 e. The molecule has 0 atom stereocenters. The lowest BCUT2D eigenvalue weighted by molar-refractivity contribution is -0.137. The van der Waals surface area contributed by atoms with Crippen molar-refractivity contribution >= 4 is 21.5 Å². The molecule has 132 valence electrons. The van der Waals surface area contributed by atoms with E-state index < -0.39 is 21.8 Å². The van der Waals surface area contributed by atoms with E-state index >= 15 is 0 Å². The molecule has 2 aromatic rings. The van der Waals surface area contributed by atoms with Crippen LogP contribution in [-0.4, -0.2) is 14.2 Å². The first kappa shape index (κ1) is 17.5. The molecule has 0 heterocycles. The minimum absolute atomic E-state index is 0.000327. The third kappa shape index (κ3) is 4.01. The molecule has 3 rings (SSSR count). The molecule has 1 aliphatic rings. The summed E-state index contributed by atoms with van der Waals surface area (Å²) in [5.41, 5.74) is -0.388. The van der Waals surface area contributed by atoms with E-state index in [9.17, 15) is 26.4 Å². The summed E-state index contributed by atoms with van der Waals surface area (Å²) in [6, 6.07) is 9.20. The number of carbonyl (C=O) groups excluding carboxylic acids is 1.